The first-order valence-corrected chi connectivity index (χ1v) is 11.1. The molecule has 0 spiro atoms. The molecule has 0 amide bonds. The number of nitrogens with zero attached hydrogens (tertiary/aromatic N) is 4. The van der Waals surface area contributed by atoms with Gasteiger partial charge in [0.15, 0.2) is 5.49 Å². The van der Waals surface area contributed by atoms with Crippen LogP contribution in [0.3, 0.4) is 0 Å². The summed E-state index contributed by atoms with van der Waals surface area (Å²) in [5.74, 6) is 1.40. The van der Waals surface area contributed by atoms with Crippen LogP contribution in [0.5, 0.6) is 11.5 Å². The Labute approximate surface area is 205 Å². The fourth-order valence-corrected chi connectivity index (χ4v) is 3.63. The molecule has 4 aromatic rings. The summed E-state index contributed by atoms with van der Waals surface area (Å²) < 4.78 is 13.5. The van der Waals surface area contributed by atoms with E-state index < -0.39 is 11.4 Å². The van der Waals surface area contributed by atoms with Crippen molar-refractivity contribution in [1.82, 2.24) is 18.8 Å². The van der Waals surface area contributed by atoms with Crippen LogP contribution in [0, 0.1) is 5.41 Å². The van der Waals surface area contributed by atoms with Gasteiger partial charge in [-0.3, -0.25) is 9.98 Å². The second-order valence-electron chi connectivity index (χ2n) is 7.95. The Morgan fingerprint density at radius 2 is 1.44 bits per heavy atom. The van der Waals surface area contributed by atoms with Crippen LogP contribution in [0.4, 0.5) is 5.95 Å². The highest BCUT2D eigenvalue weighted by molar-refractivity contribution is 5.32. The third-order valence-corrected chi connectivity index (χ3v) is 5.64. The van der Waals surface area contributed by atoms with Crippen molar-refractivity contribution in [3.63, 3.8) is 0 Å². The number of hydrogen-bond donors (Lipinski definition) is 3. The molecule has 11 nitrogen and oxygen atoms in total. The van der Waals surface area contributed by atoms with Gasteiger partial charge in [-0.2, -0.15) is 9.71 Å². The number of ether oxygens (including phenoxy) is 2. The van der Waals surface area contributed by atoms with Gasteiger partial charge in [0, 0.05) is 18.3 Å². The summed E-state index contributed by atoms with van der Waals surface area (Å²) in [6.45, 7) is 0.248. The standard InChI is InChI=1S/C25H26N6O5/c1-35-20-9-5-17(6-10-20)15-29-23(27-14-19-4-3-13-31(34)22(19)26)28-24(32)30(25(29)33)16-18-7-11-21(36-2)12-8-18/h3-13,26,34H,14-16H2,1-2H3,(H,27,28,32). The molecule has 0 aliphatic carbocycles. The summed E-state index contributed by atoms with van der Waals surface area (Å²) >= 11 is 0. The van der Waals surface area contributed by atoms with Crippen molar-refractivity contribution in [2.75, 3.05) is 19.5 Å². The summed E-state index contributed by atoms with van der Waals surface area (Å²) in [4.78, 5) is 30.5. The van der Waals surface area contributed by atoms with Crippen molar-refractivity contribution < 1.29 is 14.7 Å². The minimum atomic E-state index is -0.708. The summed E-state index contributed by atoms with van der Waals surface area (Å²) in [6.07, 6.45) is 1.34. The monoisotopic (exact) mass is 490 g/mol. The number of pyridine rings is 1. The van der Waals surface area contributed by atoms with Crippen LogP contribution in [0.15, 0.2) is 76.4 Å². The van der Waals surface area contributed by atoms with Crippen molar-refractivity contribution in [2.24, 2.45) is 0 Å². The van der Waals surface area contributed by atoms with E-state index in [1.54, 1.807) is 62.8 Å². The third-order valence-electron chi connectivity index (χ3n) is 5.64. The van der Waals surface area contributed by atoms with E-state index in [-0.39, 0.29) is 31.1 Å². The molecule has 186 valence electrons. The van der Waals surface area contributed by atoms with Gasteiger partial charge in [0.1, 0.15) is 11.5 Å². The van der Waals surface area contributed by atoms with Gasteiger partial charge in [-0.1, -0.05) is 30.3 Å². The Morgan fingerprint density at radius 1 is 0.889 bits per heavy atom. The van der Waals surface area contributed by atoms with E-state index in [9.17, 15) is 14.8 Å². The lowest BCUT2D eigenvalue weighted by Gasteiger charge is -2.16. The Morgan fingerprint density at radius 3 is 2.00 bits per heavy atom. The second kappa shape index (κ2) is 10.6. The maximum atomic E-state index is 13.5. The minimum Gasteiger partial charge on any atom is -0.497 e. The summed E-state index contributed by atoms with van der Waals surface area (Å²) in [6, 6.07) is 17.5. The van der Waals surface area contributed by atoms with E-state index in [1.165, 1.54) is 10.8 Å². The first-order chi connectivity index (χ1) is 17.4. The quantitative estimate of drug-likeness (QED) is 0.304. The molecule has 0 atom stereocenters. The molecule has 0 saturated carbocycles. The van der Waals surface area contributed by atoms with Gasteiger partial charge in [0.2, 0.25) is 5.95 Å². The molecule has 0 saturated heterocycles. The third kappa shape index (κ3) is 5.30. The number of aromatic nitrogens is 4. The van der Waals surface area contributed by atoms with Gasteiger partial charge in [0.05, 0.1) is 27.3 Å². The van der Waals surface area contributed by atoms with Crippen molar-refractivity contribution >= 4 is 5.95 Å². The van der Waals surface area contributed by atoms with Crippen molar-refractivity contribution in [3.8, 4) is 11.5 Å². The highest BCUT2D eigenvalue weighted by Crippen LogP contribution is 2.14. The van der Waals surface area contributed by atoms with Gasteiger partial charge in [-0.25, -0.2) is 14.2 Å². The van der Waals surface area contributed by atoms with Crippen LogP contribution >= 0.6 is 0 Å². The molecule has 4 rings (SSSR count). The van der Waals surface area contributed by atoms with E-state index >= 15 is 0 Å². The molecule has 0 aliphatic rings. The highest BCUT2D eigenvalue weighted by atomic mass is 16.5. The molecular formula is C25H26N6O5. The highest BCUT2D eigenvalue weighted by Gasteiger charge is 2.15. The molecule has 36 heavy (non-hydrogen) atoms. The molecule has 2 aromatic heterocycles. The first kappa shape index (κ1) is 24.3. The SMILES string of the molecule is COc1ccc(Cn2c(NCc3cccn(O)c3=N)nc(=O)n(Cc3ccc(OC)cc3)c2=O)cc1. The van der Waals surface area contributed by atoms with Crippen LogP contribution in [0.2, 0.25) is 0 Å². The normalized spacial score (nSPS) is 10.7. The zero-order valence-corrected chi connectivity index (χ0v) is 19.8. The molecule has 0 bridgehead atoms. The summed E-state index contributed by atoms with van der Waals surface area (Å²) in [5.41, 5.74) is 0.617. The molecular weight excluding hydrogens is 464 g/mol. The van der Waals surface area contributed by atoms with Crippen molar-refractivity contribution in [3.05, 3.63) is 110 Å². The average Bonchev–Trinajstić information content (AvgIpc) is 2.90. The maximum absolute atomic E-state index is 13.5. The predicted molar refractivity (Wildman–Crippen MR) is 132 cm³/mol. The van der Waals surface area contributed by atoms with Crippen molar-refractivity contribution in [2.45, 2.75) is 19.6 Å². The van der Waals surface area contributed by atoms with Crippen LogP contribution < -0.4 is 31.7 Å². The van der Waals surface area contributed by atoms with E-state index in [2.05, 4.69) is 10.3 Å². The summed E-state index contributed by atoms with van der Waals surface area (Å²) in [7, 11) is 3.13. The molecule has 2 heterocycles. The fourth-order valence-electron chi connectivity index (χ4n) is 3.63. The molecule has 2 aromatic carbocycles. The molecule has 0 aliphatic heterocycles. The predicted octanol–water partition coefficient (Wildman–Crippen LogP) is 1.65. The Balaban J connectivity index is 1.72. The lowest BCUT2D eigenvalue weighted by molar-refractivity contribution is 0.169. The molecule has 0 fully saturated rings. The molecule has 0 radical (unpaired) electrons. The minimum absolute atomic E-state index is 0.0393. The topological polar surface area (TPSA) is 136 Å². The maximum Gasteiger partial charge on any atom is 0.355 e. The van der Waals surface area contributed by atoms with Gasteiger partial charge in [-0.05, 0) is 41.5 Å². The van der Waals surface area contributed by atoms with E-state index in [4.69, 9.17) is 14.9 Å². The van der Waals surface area contributed by atoms with Crippen LogP contribution in [-0.2, 0) is 19.6 Å². The Hall–Kier alpha value is -4.80. The smallest absolute Gasteiger partial charge is 0.355 e. The lowest BCUT2D eigenvalue weighted by atomic mass is 10.2. The number of rotatable bonds is 9. The molecule has 3 N–H and O–H groups in total. The van der Waals surface area contributed by atoms with Gasteiger partial charge in [0.25, 0.3) is 0 Å². The molecule has 0 unspecified atom stereocenters. The van der Waals surface area contributed by atoms with E-state index in [0.717, 1.165) is 15.7 Å². The van der Waals surface area contributed by atoms with Crippen LogP contribution in [0.1, 0.15) is 16.7 Å². The second-order valence-corrected chi connectivity index (χ2v) is 7.95. The van der Waals surface area contributed by atoms with Gasteiger partial charge in [-0.15, -0.1) is 0 Å². The zero-order chi connectivity index (χ0) is 25.7. The fraction of sp³-hybridized carbons (Fsp3) is 0.200. The summed E-state index contributed by atoms with van der Waals surface area (Å²) in [5, 5.41) is 20.7. The molecule has 11 heteroatoms. The average molecular weight is 491 g/mol. The van der Waals surface area contributed by atoms with E-state index in [0.29, 0.717) is 21.8 Å². The van der Waals surface area contributed by atoms with E-state index in [1.807, 2.05) is 12.1 Å². The Kier molecular flexibility index (Phi) is 7.19. The van der Waals surface area contributed by atoms with Crippen LogP contribution in [-0.4, -0.2) is 38.3 Å². The van der Waals surface area contributed by atoms with Gasteiger partial charge >= 0.3 is 11.4 Å². The number of nitrogens with one attached hydrogen (secondary N) is 2. The van der Waals surface area contributed by atoms with Crippen LogP contribution in [0.25, 0.3) is 0 Å². The number of anilines is 1. The Bertz CT molecular complexity index is 1520. The number of methoxy groups -OCH3 is 2. The number of hydrogen-bond acceptors (Lipinski definition) is 8. The van der Waals surface area contributed by atoms with Gasteiger partial charge < -0.3 is 20.0 Å². The zero-order valence-electron chi connectivity index (χ0n) is 19.8. The number of benzene rings is 2. The first-order valence-electron chi connectivity index (χ1n) is 11.1. The largest absolute Gasteiger partial charge is 0.497 e. The lowest BCUT2D eigenvalue weighted by Crippen LogP contribution is -2.43. The van der Waals surface area contributed by atoms with Crippen molar-refractivity contribution in [1.29, 1.82) is 5.41 Å².